The number of hydrogen-bond acceptors (Lipinski definition) is 4. The van der Waals surface area contributed by atoms with E-state index >= 15 is 0 Å². The Bertz CT molecular complexity index is 581. The van der Waals surface area contributed by atoms with Crippen molar-refractivity contribution in [3.63, 3.8) is 0 Å². The zero-order chi connectivity index (χ0) is 14.4. The van der Waals surface area contributed by atoms with Crippen LogP contribution in [-0.2, 0) is 0 Å². The molecule has 0 aliphatic rings. The van der Waals surface area contributed by atoms with Gasteiger partial charge in [-0.3, -0.25) is 4.98 Å². The summed E-state index contributed by atoms with van der Waals surface area (Å²) in [7, 11) is 0. The Labute approximate surface area is 116 Å². The van der Waals surface area contributed by atoms with E-state index in [0.29, 0.717) is 6.61 Å². The number of carboxylic acid groups (broad SMARTS) is 1. The number of aromatic carboxylic acids is 1. The van der Waals surface area contributed by atoms with Gasteiger partial charge in [-0.05, 0) is 25.1 Å². The Kier molecular flexibility index (Phi) is 4.55. The van der Waals surface area contributed by atoms with Gasteiger partial charge in [-0.1, -0.05) is 17.7 Å². The lowest BCUT2D eigenvalue weighted by atomic mass is 10.2. The van der Waals surface area contributed by atoms with E-state index < -0.39 is 5.97 Å². The molecular formula is C15H15NO4. The SMILES string of the molecule is Cc1ccc(OCCOc2cnccc2C(=O)O)cc1. The standard InChI is InChI=1S/C15H15NO4/c1-11-2-4-12(5-3-11)19-8-9-20-14-10-16-7-6-13(14)15(17)18/h2-7,10H,8-9H2,1H3,(H,17,18). The number of rotatable bonds is 6. The molecule has 5 heteroatoms. The third-order valence-electron chi connectivity index (χ3n) is 2.65. The number of nitrogens with zero attached hydrogens (tertiary/aromatic N) is 1. The van der Waals surface area contributed by atoms with E-state index in [-0.39, 0.29) is 17.9 Å². The highest BCUT2D eigenvalue weighted by Crippen LogP contribution is 2.16. The summed E-state index contributed by atoms with van der Waals surface area (Å²) in [4.78, 5) is 14.8. The van der Waals surface area contributed by atoms with Crippen LogP contribution < -0.4 is 9.47 Å². The summed E-state index contributed by atoms with van der Waals surface area (Å²) < 4.78 is 10.9. The second-order valence-corrected chi connectivity index (χ2v) is 4.19. The average Bonchev–Trinajstić information content (AvgIpc) is 2.46. The second-order valence-electron chi connectivity index (χ2n) is 4.19. The fourth-order valence-corrected chi connectivity index (χ4v) is 1.62. The highest BCUT2D eigenvalue weighted by molar-refractivity contribution is 5.90. The molecule has 0 fully saturated rings. The summed E-state index contributed by atoms with van der Waals surface area (Å²) in [5.41, 5.74) is 1.25. The molecule has 0 saturated carbocycles. The van der Waals surface area contributed by atoms with Gasteiger partial charge in [0.15, 0.2) is 5.75 Å². The number of pyridine rings is 1. The molecule has 104 valence electrons. The van der Waals surface area contributed by atoms with Gasteiger partial charge in [0.05, 0.1) is 6.20 Å². The first kappa shape index (κ1) is 13.9. The lowest BCUT2D eigenvalue weighted by Crippen LogP contribution is -2.11. The van der Waals surface area contributed by atoms with Crippen molar-refractivity contribution in [2.75, 3.05) is 13.2 Å². The Morgan fingerprint density at radius 3 is 2.55 bits per heavy atom. The van der Waals surface area contributed by atoms with E-state index in [2.05, 4.69) is 4.98 Å². The Balaban J connectivity index is 1.84. The van der Waals surface area contributed by atoms with Crippen LogP contribution in [0, 0.1) is 6.92 Å². The van der Waals surface area contributed by atoms with Gasteiger partial charge in [0.25, 0.3) is 0 Å². The fraction of sp³-hybridized carbons (Fsp3) is 0.200. The smallest absolute Gasteiger partial charge is 0.339 e. The maximum Gasteiger partial charge on any atom is 0.339 e. The van der Waals surface area contributed by atoms with Crippen LogP contribution in [-0.4, -0.2) is 29.3 Å². The van der Waals surface area contributed by atoms with Gasteiger partial charge in [-0.25, -0.2) is 4.79 Å². The van der Waals surface area contributed by atoms with Crippen molar-refractivity contribution < 1.29 is 19.4 Å². The Morgan fingerprint density at radius 2 is 1.85 bits per heavy atom. The number of aryl methyl sites for hydroxylation is 1. The van der Waals surface area contributed by atoms with E-state index in [9.17, 15) is 4.79 Å². The molecule has 0 saturated heterocycles. The lowest BCUT2D eigenvalue weighted by molar-refractivity contribution is 0.0691. The molecule has 0 bridgehead atoms. The predicted molar refractivity (Wildman–Crippen MR) is 73.4 cm³/mol. The van der Waals surface area contributed by atoms with E-state index in [0.717, 1.165) is 11.3 Å². The monoisotopic (exact) mass is 273 g/mol. The number of ether oxygens (including phenoxy) is 2. The van der Waals surface area contributed by atoms with Crippen molar-refractivity contribution in [1.82, 2.24) is 4.98 Å². The van der Waals surface area contributed by atoms with Crippen molar-refractivity contribution in [3.05, 3.63) is 53.9 Å². The minimum atomic E-state index is -1.04. The number of benzene rings is 1. The molecule has 1 heterocycles. The maximum atomic E-state index is 11.0. The number of carboxylic acids is 1. The number of carbonyl (C=O) groups is 1. The zero-order valence-corrected chi connectivity index (χ0v) is 11.1. The van der Waals surface area contributed by atoms with Gasteiger partial charge < -0.3 is 14.6 Å². The third kappa shape index (κ3) is 3.71. The summed E-state index contributed by atoms with van der Waals surface area (Å²) in [6, 6.07) is 9.07. The van der Waals surface area contributed by atoms with Gasteiger partial charge in [-0.2, -0.15) is 0 Å². The topological polar surface area (TPSA) is 68.7 Å². The highest BCUT2D eigenvalue weighted by atomic mass is 16.5. The fourth-order valence-electron chi connectivity index (χ4n) is 1.62. The molecule has 1 N–H and O–H groups in total. The molecule has 0 radical (unpaired) electrons. The average molecular weight is 273 g/mol. The molecule has 2 rings (SSSR count). The molecule has 0 spiro atoms. The largest absolute Gasteiger partial charge is 0.490 e. The first-order valence-corrected chi connectivity index (χ1v) is 6.16. The van der Waals surface area contributed by atoms with Gasteiger partial charge in [-0.15, -0.1) is 0 Å². The van der Waals surface area contributed by atoms with Crippen molar-refractivity contribution >= 4 is 5.97 Å². The van der Waals surface area contributed by atoms with Crippen LogP contribution in [0.1, 0.15) is 15.9 Å². The normalized spacial score (nSPS) is 10.1. The minimum Gasteiger partial charge on any atom is -0.490 e. The number of aromatic nitrogens is 1. The summed E-state index contributed by atoms with van der Waals surface area (Å²) in [5.74, 6) is -0.0433. The second kappa shape index (κ2) is 6.56. The summed E-state index contributed by atoms with van der Waals surface area (Å²) in [5, 5.41) is 8.99. The molecule has 0 aliphatic heterocycles. The van der Waals surface area contributed by atoms with Crippen LogP contribution in [0.5, 0.6) is 11.5 Å². The first-order valence-electron chi connectivity index (χ1n) is 6.16. The quantitative estimate of drug-likeness (QED) is 0.819. The predicted octanol–water partition coefficient (Wildman–Crippen LogP) is 2.55. The minimum absolute atomic E-state index is 0.0929. The van der Waals surface area contributed by atoms with Crippen LogP contribution in [0.2, 0.25) is 0 Å². The van der Waals surface area contributed by atoms with E-state index in [1.54, 1.807) is 0 Å². The summed E-state index contributed by atoms with van der Waals surface area (Å²) in [6.45, 7) is 2.58. The van der Waals surface area contributed by atoms with Crippen LogP contribution >= 0.6 is 0 Å². The molecule has 20 heavy (non-hydrogen) atoms. The van der Waals surface area contributed by atoms with Crippen molar-refractivity contribution in [1.29, 1.82) is 0 Å². The van der Waals surface area contributed by atoms with E-state index in [1.165, 1.54) is 18.5 Å². The zero-order valence-electron chi connectivity index (χ0n) is 11.1. The van der Waals surface area contributed by atoms with Gasteiger partial charge in [0, 0.05) is 6.20 Å². The number of hydrogen-bond donors (Lipinski definition) is 1. The summed E-state index contributed by atoms with van der Waals surface area (Å²) in [6.07, 6.45) is 2.80. The van der Waals surface area contributed by atoms with Crippen LogP contribution in [0.4, 0.5) is 0 Å². The molecule has 0 atom stereocenters. The molecule has 0 amide bonds. The molecule has 5 nitrogen and oxygen atoms in total. The maximum absolute atomic E-state index is 11.0. The highest BCUT2D eigenvalue weighted by Gasteiger charge is 2.10. The van der Waals surface area contributed by atoms with Gasteiger partial charge in [0.1, 0.15) is 24.5 Å². The van der Waals surface area contributed by atoms with Crippen LogP contribution in [0.3, 0.4) is 0 Å². The molecule has 0 unspecified atom stereocenters. The molecule has 0 aliphatic carbocycles. The first-order chi connectivity index (χ1) is 9.66. The lowest BCUT2D eigenvalue weighted by Gasteiger charge is -2.09. The summed E-state index contributed by atoms with van der Waals surface area (Å²) >= 11 is 0. The molecule has 1 aromatic heterocycles. The molecular weight excluding hydrogens is 258 g/mol. The Morgan fingerprint density at radius 1 is 1.15 bits per heavy atom. The third-order valence-corrected chi connectivity index (χ3v) is 2.65. The van der Waals surface area contributed by atoms with Crippen LogP contribution in [0.15, 0.2) is 42.7 Å². The van der Waals surface area contributed by atoms with Crippen LogP contribution in [0.25, 0.3) is 0 Å². The van der Waals surface area contributed by atoms with Crippen molar-refractivity contribution in [3.8, 4) is 11.5 Å². The van der Waals surface area contributed by atoms with Crippen molar-refractivity contribution in [2.45, 2.75) is 6.92 Å². The Hall–Kier alpha value is -2.56. The molecule has 1 aromatic carbocycles. The van der Waals surface area contributed by atoms with Gasteiger partial charge >= 0.3 is 5.97 Å². The molecule has 2 aromatic rings. The van der Waals surface area contributed by atoms with Crippen molar-refractivity contribution in [2.24, 2.45) is 0 Å². The van der Waals surface area contributed by atoms with E-state index in [1.807, 2.05) is 31.2 Å². The van der Waals surface area contributed by atoms with E-state index in [4.69, 9.17) is 14.6 Å². The van der Waals surface area contributed by atoms with Gasteiger partial charge in [0.2, 0.25) is 0 Å².